The smallest absolute Gasteiger partial charge is 0.0888 e. The van der Waals surface area contributed by atoms with Crippen LogP contribution in [0.15, 0.2) is 6.20 Å². The maximum atomic E-state index is 4.42. The highest BCUT2D eigenvalue weighted by molar-refractivity contribution is 5.13. The molecule has 0 radical (unpaired) electrons. The summed E-state index contributed by atoms with van der Waals surface area (Å²) in [6.07, 6.45) is 3.23. The van der Waals surface area contributed by atoms with Gasteiger partial charge in [0, 0.05) is 11.6 Å². The van der Waals surface area contributed by atoms with Crippen molar-refractivity contribution >= 4 is 0 Å². The number of hydrogen-bond acceptors (Lipinski definition) is 2. The molecule has 1 aromatic rings. The van der Waals surface area contributed by atoms with Gasteiger partial charge in [0.05, 0.1) is 11.7 Å². The number of nitrogens with zero attached hydrogens (tertiary/aromatic N) is 3. The third-order valence-corrected chi connectivity index (χ3v) is 4.39. The van der Waals surface area contributed by atoms with Crippen molar-refractivity contribution in [3.05, 3.63) is 11.9 Å². The quantitative estimate of drug-likeness (QED) is 0.799. The largest absolute Gasteiger partial charge is 0.249 e. The second kappa shape index (κ2) is 4.92. The van der Waals surface area contributed by atoms with Crippen LogP contribution in [0, 0.1) is 10.8 Å². The Labute approximate surface area is 118 Å². The Balaban J connectivity index is 2.95. The summed E-state index contributed by atoms with van der Waals surface area (Å²) in [5.41, 5.74) is 1.58. The maximum Gasteiger partial charge on any atom is 0.0888 e. The molecule has 0 aliphatic heterocycles. The molecule has 19 heavy (non-hydrogen) atoms. The molecule has 0 aromatic carbocycles. The SMILES string of the molecule is CC(CC(C)(C)C)n1cc(C(C)(C)C(C)(C)C)nn1. The first kappa shape index (κ1) is 16.2. The summed E-state index contributed by atoms with van der Waals surface area (Å²) in [5, 5.41) is 8.77. The first-order chi connectivity index (χ1) is 8.34. The maximum absolute atomic E-state index is 4.42. The van der Waals surface area contributed by atoms with Gasteiger partial charge < -0.3 is 0 Å². The minimum Gasteiger partial charge on any atom is -0.249 e. The average Bonchev–Trinajstić information content (AvgIpc) is 2.61. The van der Waals surface area contributed by atoms with Gasteiger partial charge in [0.25, 0.3) is 0 Å². The van der Waals surface area contributed by atoms with Gasteiger partial charge in [-0.1, -0.05) is 60.6 Å². The Kier molecular flexibility index (Phi) is 4.19. The highest BCUT2D eigenvalue weighted by Gasteiger charge is 2.37. The van der Waals surface area contributed by atoms with E-state index in [2.05, 4.69) is 78.8 Å². The Morgan fingerprint density at radius 1 is 1.05 bits per heavy atom. The van der Waals surface area contributed by atoms with Crippen LogP contribution in [-0.4, -0.2) is 15.0 Å². The highest BCUT2D eigenvalue weighted by atomic mass is 15.4. The van der Waals surface area contributed by atoms with Gasteiger partial charge >= 0.3 is 0 Å². The van der Waals surface area contributed by atoms with Crippen LogP contribution in [-0.2, 0) is 5.41 Å². The average molecular weight is 265 g/mol. The monoisotopic (exact) mass is 265 g/mol. The lowest BCUT2D eigenvalue weighted by atomic mass is 9.67. The van der Waals surface area contributed by atoms with E-state index >= 15 is 0 Å². The number of aromatic nitrogens is 3. The van der Waals surface area contributed by atoms with Gasteiger partial charge in [0.15, 0.2) is 0 Å². The number of hydrogen-bond donors (Lipinski definition) is 0. The molecule has 0 aliphatic rings. The molecule has 3 heteroatoms. The molecule has 0 amide bonds. The molecule has 110 valence electrons. The van der Waals surface area contributed by atoms with Crippen LogP contribution in [0.25, 0.3) is 0 Å². The summed E-state index contributed by atoms with van der Waals surface area (Å²) in [7, 11) is 0. The van der Waals surface area contributed by atoms with E-state index in [-0.39, 0.29) is 10.8 Å². The molecule has 0 saturated heterocycles. The van der Waals surface area contributed by atoms with E-state index in [0.717, 1.165) is 12.1 Å². The van der Waals surface area contributed by atoms with Gasteiger partial charge in [0.1, 0.15) is 0 Å². The lowest BCUT2D eigenvalue weighted by molar-refractivity contribution is 0.219. The van der Waals surface area contributed by atoms with Gasteiger partial charge in [-0.25, -0.2) is 4.68 Å². The second-order valence-electron chi connectivity index (χ2n) is 8.57. The second-order valence-corrected chi connectivity index (χ2v) is 8.57. The predicted molar refractivity (Wildman–Crippen MR) is 81.3 cm³/mol. The van der Waals surface area contributed by atoms with Crippen molar-refractivity contribution < 1.29 is 0 Å². The molecule has 0 N–H and O–H groups in total. The number of rotatable bonds is 3. The Bertz CT molecular complexity index is 416. The topological polar surface area (TPSA) is 30.7 Å². The molecule has 1 heterocycles. The van der Waals surface area contributed by atoms with Crippen molar-refractivity contribution in [2.75, 3.05) is 0 Å². The molecule has 1 unspecified atom stereocenters. The van der Waals surface area contributed by atoms with Crippen molar-refractivity contribution in [3.63, 3.8) is 0 Å². The zero-order valence-electron chi connectivity index (χ0n) is 14.2. The third kappa shape index (κ3) is 3.80. The first-order valence-corrected chi connectivity index (χ1v) is 7.27. The van der Waals surface area contributed by atoms with Crippen molar-refractivity contribution in [2.24, 2.45) is 10.8 Å². The zero-order chi connectivity index (χ0) is 15.1. The fourth-order valence-corrected chi connectivity index (χ4v) is 2.14. The van der Waals surface area contributed by atoms with E-state index in [9.17, 15) is 0 Å². The fourth-order valence-electron chi connectivity index (χ4n) is 2.14. The summed E-state index contributed by atoms with van der Waals surface area (Å²) in [6.45, 7) is 20.3. The van der Waals surface area contributed by atoms with Crippen molar-refractivity contribution in [2.45, 2.75) is 80.2 Å². The van der Waals surface area contributed by atoms with E-state index in [1.165, 1.54) is 0 Å². The van der Waals surface area contributed by atoms with Gasteiger partial charge in [-0.15, -0.1) is 5.10 Å². The molecule has 1 rings (SSSR count). The zero-order valence-corrected chi connectivity index (χ0v) is 14.2. The van der Waals surface area contributed by atoms with Crippen molar-refractivity contribution in [3.8, 4) is 0 Å². The van der Waals surface area contributed by atoms with E-state index < -0.39 is 0 Å². The Hall–Kier alpha value is -0.860. The molecule has 0 saturated carbocycles. The standard InChI is InChI=1S/C16H31N3/c1-12(10-14(2,3)4)19-11-13(17-18-19)16(8,9)15(5,6)7/h11-12H,10H2,1-9H3. The normalized spacial score (nSPS) is 15.6. The molecule has 0 bridgehead atoms. The van der Waals surface area contributed by atoms with Crippen molar-refractivity contribution in [1.29, 1.82) is 0 Å². The minimum atomic E-state index is 0.0205. The van der Waals surface area contributed by atoms with Crippen LogP contribution >= 0.6 is 0 Å². The third-order valence-electron chi connectivity index (χ3n) is 4.39. The van der Waals surface area contributed by atoms with Crippen LogP contribution in [0.2, 0.25) is 0 Å². The van der Waals surface area contributed by atoms with E-state index in [1.54, 1.807) is 0 Å². The van der Waals surface area contributed by atoms with Crippen LogP contribution in [0.5, 0.6) is 0 Å². The lowest BCUT2D eigenvalue weighted by Gasteiger charge is -2.37. The molecule has 0 fully saturated rings. The van der Waals surface area contributed by atoms with Crippen LogP contribution in [0.1, 0.15) is 80.5 Å². The van der Waals surface area contributed by atoms with Gasteiger partial charge in [-0.2, -0.15) is 0 Å². The molecule has 0 spiro atoms. The molecule has 1 aromatic heterocycles. The minimum absolute atomic E-state index is 0.0205. The summed E-state index contributed by atoms with van der Waals surface area (Å²) < 4.78 is 2.02. The summed E-state index contributed by atoms with van der Waals surface area (Å²) in [5.74, 6) is 0. The molecule has 0 aliphatic carbocycles. The van der Waals surface area contributed by atoms with Gasteiger partial charge in [-0.3, -0.25) is 0 Å². The molecular weight excluding hydrogens is 234 g/mol. The van der Waals surface area contributed by atoms with E-state index in [4.69, 9.17) is 0 Å². The molecular formula is C16H31N3. The fraction of sp³-hybridized carbons (Fsp3) is 0.875. The summed E-state index contributed by atoms with van der Waals surface area (Å²) in [6, 6.07) is 0.386. The lowest BCUT2D eigenvalue weighted by Crippen LogP contribution is -2.34. The van der Waals surface area contributed by atoms with E-state index in [1.807, 2.05) is 4.68 Å². The summed E-state index contributed by atoms with van der Waals surface area (Å²) in [4.78, 5) is 0. The van der Waals surface area contributed by atoms with Crippen LogP contribution < -0.4 is 0 Å². The van der Waals surface area contributed by atoms with Gasteiger partial charge in [-0.05, 0) is 24.2 Å². The Morgan fingerprint density at radius 2 is 1.58 bits per heavy atom. The molecule has 3 nitrogen and oxygen atoms in total. The molecule has 1 atom stereocenters. The van der Waals surface area contributed by atoms with Crippen LogP contribution in [0.3, 0.4) is 0 Å². The predicted octanol–water partition coefficient (Wildman–Crippen LogP) is 4.60. The Morgan fingerprint density at radius 3 is 2.00 bits per heavy atom. The van der Waals surface area contributed by atoms with E-state index in [0.29, 0.717) is 11.5 Å². The first-order valence-electron chi connectivity index (χ1n) is 7.27. The highest BCUT2D eigenvalue weighted by Crippen LogP contribution is 2.40. The van der Waals surface area contributed by atoms with Crippen LogP contribution in [0.4, 0.5) is 0 Å². The van der Waals surface area contributed by atoms with Gasteiger partial charge in [0.2, 0.25) is 0 Å². The summed E-state index contributed by atoms with van der Waals surface area (Å²) >= 11 is 0. The van der Waals surface area contributed by atoms with Crippen molar-refractivity contribution in [1.82, 2.24) is 15.0 Å².